The van der Waals surface area contributed by atoms with Crippen molar-refractivity contribution < 1.29 is 19.7 Å². The van der Waals surface area contributed by atoms with Crippen LogP contribution in [-0.2, 0) is 9.53 Å². The van der Waals surface area contributed by atoms with Crippen molar-refractivity contribution in [2.45, 2.75) is 73.1 Å². The van der Waals surface area contributed by atoms with E-state index in [1.807, 2.05) is 0 Å². The number of aliphatic hydroxyl groups excluding tert-OH is 2. The Hall–Kier alpha value is -0.710. The van der Waals surface area contributed by atoms with Crippen molar-refractivity contribution in [2.24, 2.45) is 35.0 Å². The minimum Gasteiger partial charge on any atom is -0.400 e. The molecular weight excluding hydrogens is 352 g/mol. The highest BCUT2D eigenvalue weighted by Gasteiger charge is 2.55. The molecule has 0 saturated heterocycles. The Morgan fingerprint density at radius 2 is 1.71 bits per heavy atom. The number of fused-ring (bicyclic) bond motifs is 1. The molecule has 6 atom stereocenters. The maximum absolute atomic E-state index is 13.4. The van der Waals surface area contributed by atoms with Gasteiger partial charge in [0.1, 0.15) is 5.78 Å². The van der Waals surface area contributed by atoms with Gasteiger partial charge >= 0.3 is 0 Å². The Labute approximate surface area is 173 Å². The lowest BCUT2D eigenvalue weighted by atomic mass is 9.68. The largest absolute Gasteiger partial charge is 0.400 e. The maximum Gasteiger partial charge on any atom is 0.146 e. The number of hydrogen-bond acceptors (Lipinski definition) is 4. The van der Waals surface area contributed by atoms with Gasteiger partial charge in [-0.1, -0.05) is 47.1 Å². The quantitative estimate of drug-likeness (QED) is 0.651. The molecule has 166 valence electrons. The SMILES string of the molecule is CCC.CO.CO.COCC1=CC2C(=O)C3(CCC(C)C2C)CC(C)CC3C1. The van der Waals surface area contributed by atoms with Crippen LogP contribution >= 0.6 is 0 Å². The van der Waals surface area contributed by atoms with Crippen molar-refractivity contribution in [1.29, 1.82) is 0 Å². The van der Waals surface area contributed by atoms with E-state index in [0.717, 1.165) is 33.5 Å². The van der Waals surface area contributed by atoms with Gasteiger partial charge in [0, 0.05) is 32.7 Å². The third-order valence-electron chi connectivity index (χ3n) is 6.74. The zero-order valence-electron chi connectivity index (χ0n) is 19.6. The Morgan fingerprint density at radius 3 is 2.25 bits per heavy atom. The van der Waals surface area contributed by atoms with Crippen molar-refractivity contribution in [3.8, 4) is 0 Å². The van der Waals surface area contributed by atoms with Gasteiger partial charge in [-0.3, -0.25) is 4.79 Å². The highest BCUT2D eigenvalue weighted by molar-refractivity contribution is 5.90. The molecule has 3 aliphatic carbocycles. The van der Waals surface area contributed by atoms with E-state index in [0.29, 0.717) is 36.1 Å². The highest BCUT2D eigenvalue weighted by Crippen LogP contribution is 2.58. The molecule has 6 unspecified atom stereocenters. The van der Waals surface area contributed by atoms with E-state index >= 15 is 0 Å². The van der Waals surface area contributed by atoms with Gasteiger partial charge < -0.3 is 14.9 Å². The van der Waals surface area contributed by atoms with E-state index in [1.54, 1.807) is 7.11 Å². The summed E-state index contributed by atoms with van der Waals surface area (Å²) in [6.07, 6.45) is 9.32. The second-order valence-electron chi connectivity index (χ2n) is 8.83. The first-order valence-electron chi connectivity index (χ1n) is 11.0. The zero-order chi connectivity index (χ0) is 21.9. The first kappa shape index (κ1) is 27.3. The van der Waals surface area contributed by atoms with Crippen LogP contribution in [0.5, 0.6) is 0 Å². The van der Waals surface area contributed by atoms with Gasteiger partial charge in [-0.05, 0) is 61.3 Å². The number of aliphatic hydroxyl groups is 2. The molecule has 2 N–H and O–H groups in total. The monoisotopic (exact) mass is 398 g/mol. The second-order valence-corrected chi connectivity index (χ2v) is 8.83. The number of methoxy groups -OCH3 is 1. The standard InChI is InChI=1S/C19H30O2.C3H8.2CH4O/c1-12-7-16-8-15(11-21-4)9-17-14(3)13(2)5-6-19(16,10-12)18(17)20;1-3-2;2*1-2/h9,12-14,16-17H,5-8,10-11H2,1-4H3;3H2,1-2H3;2*2H,1H3. The Bertz CT molecular complexity index is 473. The molecule has 3 rings (SSSR count). The Morgan fingerprint density at radius 1 is 1.14 bits per heavy atom. The third kappa shape index (κ3) is 6.14. The number of ether oxygens (including phenoxy) is 1. The number of hydrogen-bond donors (Lipinski definition) is 2. The lowest BCUT2D eigenvalue weighted by Crippen LogP contribution is -2.37. The summed E-state index contributed by atoms with van der Waals surface area (Å²) in [5.41, 5.74) is 1.35. The number of Topliss-reactive ketones (excluding diaryl/α,β-unsaturated/α-hetero) is 1. The molecule has 3 aliphatic rings. The minimum absolute atomic E-state index is 0.0188. The van der Waals surface area contributed by atoms with Crippen LogP contribution in [0.2, 0.25) is 0 Å². The van der Waals surface area contributed by atoms with Crippen molar-refractivity contribution >= 4 is 5.78 Å². The molecule has 0 heterocycles. The average molecular weight is 399 g/mol. The molecule has 0 aromatic heterocycles. The van der Waals surface area contributed by atoms with Gasteiger partial charge in [-0.2, -0.15) is 0 Å². The fourth-order valence-electron chi connectivity index (χ4n) is 5.42. The molecule has 0 aromatic rings. The van der Waals surface area contributed by atoms with Crippen LogP contribution in [0.1, 0.15) is 73.1 Å². The smallest absolute Gasteiger partial charge is 0.146 e. The van der Waals surface area contributed by atoms with E-state index in [-0.39, 0.29) is 11.3 Å². The highest BCUT2D eigenvalue weighted by atomic mass is 16.5. The predicted octanol–water partition coefficient (Wildman–Crippen LogP) is 4.88. The molecule has 0 radical (unpaired) electrons. The van der Waals surface area contributed by atoms with Crippen LogP contribution in [0.25, 0.3) is 0 Å². The topological polar surface area (TPSA) is 66.8 Å². The van der Waals surface area contributed by atoms with Gasteiger partial charge in [0.05, 0.1) is 6.61 Å². The predicted molar refractivity (Wildman–Crippen MR) is 117 cm³/mol. The normalized spacial score (nSPS) is 36.0. The van der Waals surface area contributed by atoms with E-state index in [4.69, 9.17) is 14.9 Å². The lowest BCUT2D eigenvalue weighted by Gasteiger charge is -2.33. The van der Waals surface area contributed by atoms with Crippen LogP contribution in [0.3, 0.4) is 0 Å². The summed E-state index contributed by atoms with van der Waals surface area (Å²) in [4.78, 5) is 13.4. The molecule has 2 fully saturated rings. The minimum atomic E-state index is -0.0188. The third-order valence-corrected chi connectivity index (χ3v) is 6.74. The number of ketones is 1. The fourth-order valence-corrected chi connectivity index (χ4v) is 5.42. The van der Waals surface area contributed by atoms with E-state index < -0.39 is 0 Å². The fraction of sp³-hybridized carbons (Fsp3) is 0.875. The summed E-state index contributed by atoms with van der Waals surface area (Å²) >= 11 is 0. The van der Waals surface area contributed by atoms with Gasteiger partial charge in [-0.15, -0.1) is 0 Å². The first-order chi connectivity index (χ1) is 13.4. The number of rotatable bonds is 2. The summed E-state index contributed by atoms with van der Waals surface area (Å²) < 4.78 is 5.41. The van der Waals surface area contributed by atoms with E-state index in [1.165, 1.54) is 24.8 Å². The van der Waals surface area contributed by atoms with Crippen LogP contribution in [-0.4, -0.2) is 43.9 Å². The summed E-state index contributed by atoms with van der Waals surface area (Å²) in [6, 6.07) is 0. The Kier molecular flexibility index (Phi) is 13.2. The summed E-state index contributed by atoms with van der Waals surface area (Å²) in [7, 11) is 3.77. The second kappa shape index (κ2) is 13.5. The molecule has 28 heavy (non-hydrogen) atoms. The molecule has 0 amide bonds. The van der Waals surface area contributed by atoms with Gasteiger partial charge in [0.2, 0.25) is 0 Å². The van der Waals surface area contributed by atoms with Crippen molar-refractivity contribution in [3.63, 3.8) is 0 Å². The number of allylic oxidation sites excluding steroid dienone is 1. The molecule has 0 aromatic carbocycles. The molecule has 2 saturated carbocycles. The van der Waals surface area contributed by atoms with Crippen LogP contribution in [0.15, 0.2) is 11.6 Å². The summed E-state index contributed by atoms with van der Waals surface area (Å²) in [6.45, 7) is 11.9. The Balaban J connectivity index is 0.000000930. The molecule has 2 bridgehead atoms. The van der Waals surface area contributed by atoms with Crippen molar-refractivity contribution in [2.75, 3.05) is 27.9 Å². The molecule has 4 nitrogen and oxygen atoms in total. The van der Waals surface area contributed by atoms with Crippen LogP contribution < -0.4 is 0 Å². The summed E-state index contributed by atoms with van der Waals surface area (Å²) in [5, 5.41) is 14.0. The lowest BCUT2D eigenvalue weighted by molar-refractivity contribution is -0.134. The average Bonchev–Trinajstić information content (AvgIpc) is 2.93. The summed E-state index contributed by atoms with van der Waals surface area (Å²) in [5.74, 6) is 3.07. The first-order valence-corrected chi connectivity index (χ1v) is 11.0. The van der Waals surface area contributed by atoms with Crippen LogP contribution in [0, 0.1) is 35.0 Å². The molecule has 0 aliphatic heterocycles. The van der Waals surface area contributed by atoms with Gasteiger partial charge in [0.25, 0.3) is 0 Å². The zero-order valence-corrected chi connectivity index (χ0v) is 19.6. The molecule has 4 heteroatoms. The van der Waals surface area contributed by atoms with Gasteiger partial charge in [-0.25, -0.2) is 0 Å². The van der Waals surface area contributed by atoms with Crippen molar-refractivity contribution in [1.82, 2.24) is 0 Å². The van der Waals surface area contributed by atoms with E-state index in [2.05, 4.69) is 40.7 Å². The van der Waals surface area contributed by atoms with Crippen LogP contribution in [0.4, 0.5) is 0 Å². The molecule has 1 spiro atoms. The number of carbonyl (C=O) groups is 1. The van der Waals surface area contributed by atoms with Crippen molar-refractivity contribution in [3.05, 3.63) is 11.6 Å². The number of carbonyl (C=O) groups excluding carboxylic acids is 1. The molecular formula is C24H46O4. The van der Waals surface area contributed by atoms with E-state index in [9.17, 15) is 4.79 Å². The van der Waals surface area contributed by atoms with Gasteiger partial charge in [0.15, 0.2) is 0 Å². The maximum atomic E-state index is 13.4.